The number of nitrogens with one attached hydrogen (secondary N) is 2. The van der Waals surface area contributed by atoms with Gasteiger partial charge in [0.1, 0.15) is 0 Å². The van der Waals surface area contributed by atoms with E-state index in [1.807, 2.05) is 13.8 Å². The zero-order valence-corrected chi connectivity index (χ0v) is 21.1. The lowest BCUT2D eigenvalue weighted by Crippen LogP contribution is -2.54. The van der Waals surface area contributed by atoms with E-state index in [9.17, 15) is 27.6 Å². The normalized spacial score (nSPS) is 19.9. The van der Waals surface area contributed by atoms with Crippen LogP contribution in [-0.2, 0) is 19.2 Å². The number of nitrogens with zero attached hydrogens (tertiary/aromatic N) is 1. The van der Waals surface area contributed by atoms with Gasteiger partial charge in [0.25, 0.3) is 0 Å². The summed E-state index contributed by atoms with van der Waals surface area (Å²) in [6, 6.07) is 0. The van der Waals surface area contributed by atoms with E-state index in [2.05, 4.69) is 15.6 Å². The maximum atomic E-state index is 13.2. The predicted octanol–water partition coefficient (Wildman–Crippen LogP) is 2.39. The molecule has 13 heteroatoms. The van der Waals surface area contributed by atoms with E-state index in [1.54, 1.807) is 0 Å². The van der Waals surface area contributed by atoms with Gasteiger partial charge in [-0.25, -0.2) is 4.79 Å². The average Bonchev–Trinajstić information content (AvgIpc) is 2.80. The second-order valence-electron chi connectivity index (χ2n) is 8.72. The number of halogens is 3. The van der Waals surface area contributed by atoms with Gasteiger partial charge in [0.15, 0.2) is 11.7 Å². The quantitative estimate of drug-likeness (QED) is 0.202. The summed E-state index contributed by atoms with van der Waals surface area (Å²) >= 11 is 0. The van der Waals surface area contributed by atoms with Crippen molar-refractivity contribution in [3.05, 3.63) is 0 Å². The van der Waals surface area contributed by atoms with Gasteiger partial charge in [-0.2, -0.15) is 13.2 Å². The highest BCUT2D eigenvalue weighted by Gasteiger charge is 2.39. The standard InChI is InChI=1S/C21H39N5O3.C2HF3O2/c1-3-21(4-2)17(27)15-16(11-10-14-25-20(22)23)19(29)24-13-9-7-5-6-8-12-18(28)26-21;3-2(4,5)1(6)7/h16H,3-15H2,1-2H3,(H,24,29)(H,26,28)(H4,22,23,25);(H,6,7)/t16-;/m1./s1. The molecule has 0 bridgehead atoms. The molecular formula is C23H40F3N5O5. The molecule has 0 aromatic rings. The topological polar surface area (TPSA) is 177 Å². The van der Waals surface area contributed by atoms with Crippen LogP contribution in [0.15, 0.2) is 4.99 Å². The smallest absolute Gasteiger partial charge is 0.475 e. The van der Waals surface area contributed by atoms with Crippen LogP contribution in [0.3, 0.4) is 0 Å². The Labute approximate surface area is 209 Å². The number of hydrogen-bond acceptors (Lipinski definition) is 5. The average molecular weight is 524 g/mol. The lowest BCUT2D eigenvalue weighted by molar-refractivity contribution is -0.192. The second kappa shape index (κ2) is 16.7. The SMILES string of the molecule is CCC1(CC)NC(=O)CCCCCCCNC(=O)[C@H](CCCN=C(N)N)CC1=O.O=C(O)C(F)(F)F. The Morgan fingerprint density at radius 3 is 2.17 bits per heavy atom. The number of aliphatic carboxylic acids is 1. The Hall–Kier alpha value is -2.86. The molecule has 7 N–H and O–H groups in total. The minimum atomic E-state index is -5.08. The number of carbonyl (C=O) groups is 4. The van der Waals surface area contributed by atoms with Gasteiger partial charge in [-0.15, -0.1) is 0 Å². The van der Waals surface area contributed by atoms with E-state index >= 15 is 0 Å². The van der Waals surface area contributed by atoms with Gasteiger partial charge in [0.2, 0.25) is 11.8 Å². The summed E-state index contributed by atoms with van der Waals surface area (Å²) in [6.07, 6.45) is 2.38. The number of hydrogen-bond donors (Lipinski definition) is 5. The molecule has 1 heterocycles. The minimum absolute atomic E-state index is 0.0197. The number of carboxylic acids is 1. The number of nitrogens with two attached hydrogens (primary N) is 2. The monoisotopic (exact) mass is 523 g/mol. The Morgan fingerprint density at radius 2 is 1.64 bits per heavy atom. The number of alkyl halides is 3. The number of carbonyl (C=O) groups excluding carboxylic acids is 3. The number of guanidine groups is 1. The third kappa shape index (κ3) is 13.3. The van der Waals surface area contributed by atoms with Crippen LogP contribution in [-0.4, -0.2) is 59.4 Å². The molecule has 2 amide bonds. The van der Waals surface area contributed by atoms with Crippen molar-refractivity contribution in [3.8, 4) is 0 Å². The van der Waals surface area contributed by atoms with Gasteiger partial charge >= 0.3 is 12.1 Å². The molecule has 1 aliphatic heterocycles. The van der Waals surface area contributed by atoms with Gasteiger partial charge in [0.05, 0.1) is 5.54 Å². The highest BCUT2D eigenvalue weighted by Crippen LogP contribution is 2.24. The largest absolute Gasteiger partial charge is 0.490 e. The van der Waals surface area contributed by atoms with Gasteiger partial charge in [-0.3, -0.25) is 19.4 Å². The van der Waals surface area contributed by atoms with Gasteiger partial charge in [-0.05, 0) is 38.5 Å². The molecule has 1 fully saturated rings. The first-order valence-corrected chi connectivity index (χ1v) is 12.3. The van der Waals surface area contributed by atoms with Crippen molar-refractivity contribution in [3.63, 3.8) is 0 Å². The fourth-order valence-electron chi connectivity index (χ4n) is 3.81. The van der Waals surface area contributed by atoms with Crippen LogP contribution >= 0.6 is 0 Å². The van der Waals surface area contributed by atoms with Crippen molar-refractivity contribution >= 4 is 29.5 Å². The molecule has 0 aromatic carbocycles. The summed E-state index contributed by atoms with van der Waals surface area (Å²) in [7, 11) is 0. The maximum absolute atomic E-state index is 13.2. The van der Waals surface area contributed by atoms with E-state index in [4.69, 9.17) is 21.4 Å². The first-order valence-electron chi connectivity index (χ1n) is 12.3. The Balaban J connectivity index is 0.00000152. The molecule has 0 spiro atoms. The molecule has 1 aliphatic rings. The fourth-order valence-corrected chi connectivity index (χ4v) is 3.81. The molecule has 0 radical (unpaired) electrons. The van der Waals surface area contributed by atoms with Crippen LogP contribution in [0.2, 0.25) is 0 Å². The highest BCUT2D eigenvalue weighted by molar-refractivity contribution is 5.95. The predicted molar refractivity (Wildman–Crippen MR) is 129 cm³/mol. The summed E-state index contributed by atoms with van der Waals surface area (Å²) < 4.78 is 31.7. The lowest BCUT2D eigenvalue weighted by Gasteiger charge is -2.32. The van der Waals surface area contributed by atoms with E-state index in [0.717, 1.165) is 32.1 Å². The Kier molecular flexibility index (Phi) is 15.4. The number of aliphatic imine (C=N–C) groups is 1. The molecule has 0 unspecified atom stereocenters. The lowest BCUT2D eigenvalue weighted by atomic mass is 9.81. The Bertz CT molecular complexity index is 751. The van der Waals surface area contributed by atoms with Gasteiger partial charge < -0.3 is 27.2 Å². The van der Waals surface area contributed by atoms with Gasteiger partial charge in [0, 0.05) is 31.8 Å². The maximum Gasteiger partial charge on any atom is 0.490 e. The zero-order valence-electron chi connectivity index (χ0n) is 21.1. The molecule has 1 rings (SSSR count). The highest BCUT2D eigenvalue weighted by atomic mass is 19.4. The van der Waals surface area contributed by atoms with Crippen molar-refractivity contribution in [1.82, 2.24) is 10.6 Å². The van der Waals surface area contributed by atoms with Crippen molar-refractivity contribution < 1.29 is 37.5 Å². The minimum Gasteiger partial charge on any atom is -0.475 e. The van der Waals surface area contributed by atoms with Crippen LogP contribution in [0.25, 0.3) is 0 Å². The fraction of sp³-hybridized carbons (Fsp3) is 0.783. The van der Waals surface area contributed by atoms with Crippen LogP contribution in [0.1, 0.15) is 84.5 Å². The van der Waals surface area contributed by atoms with Gasteiger partial charge in [-0.1, -0.05) is 33.1 Å². The molecule has 208 valence electrons. The van der Waals surface area contributed by atoms with Crippen molar-refractivity contribution in [2.45, 2.75) is 96.2 Å². The number of ketones is 1. The first-order chi connectivity index (χ1) is 16.8. The van der Waals surface area contributed by atoms with E-state index in [0.29, 0.717) is 45.2 Å². The Morgan fingerprint density at radius 1 is 1.08 bits per heavy atom. The van der Waals surface area contributed by atoms with Crippen LogP contribution in [0, 0.1) is 5.92 Å². The number of amides is 2. The second-order valence-corrected chi connectivity index (χ2v) is 8.72. The van der Waals surface area contributed by atoms with Crippen molar-refractivity contribution in [1.29, 1.82) is 0 Å². The molecular weight excluding hydrogens is 483 g/mol. The third-order valence-corrected chi connectivity index (χ3v) is 6.05. The molecule has 10 nitrogen and oxygen atoms in total. The van der Waals surface area contributed by atoms with Crippen molar-refractivity contribution in [2.24, 2.45) is 22.4 Å². The van der Waals surface area contributed by atoms with E-state index in [-0.39, 0.29) is 30.0 Å². The molecule has 1 atom stereocenters. The number of Topliss-reactive ketones (excluding diaryl/α,β-unsaturated/α-hetero) is 1. The number of rotatable bonds is 6. The summed E-state index contributed by atoms with van der Waals surface area (Å²) in [6.45, 7) is 4.85. The summed E-state index contributed by atoms with van der Waals surface area (Å²) in [5.74, 6) is -3.45. The van der Waals surface area contributed by atoms with E-state index < -0.39 is 23.6 Å². The van der Waals surface area contributed by atoms with Crippen LogP contribution < -0.4 is 22.1 Å². The van der Waals surface area contributed by atoms with Crippen LogP contribution in [0.5, 0.6) is 0 Å². The molecule has 0 aliphatic carbocycles. The van der Waals surface area contributed by atoms with Crippen molar-refractivity contribution in [2.75, 3.05) is 13.1 Å². The summed E-state index contributed by atoms with van der Waals surface area (Å²) in [5, 5.41) is 13.1. The molecule has 1 saturated heterocycles. The first kappa shape index (κ1) is 33.1. The van der Waals surface area contributed by atoms with Crippen LogP contribution in [0.4, 0.5) is 13.2 Å². The third-order valence-electron chi connectivity index (χ3n) is 6.05. The zero-order chi connectivity index (χ0) is 27.8. The summed E-state index contributed by atoms with van der Waals surface area (Å²) in [5.41, 5.74) is 9.80. The number of carboxylic acid groups (broad SMARTS) is 1. The summed E-state index contributed by atoms with van der Waals surface area (Å²) in [4.78, 5) is 51.3. The molecule has 0 aromatic heterocycles. The van der Waals surface area contributed by atoms with E-state index in [1.165, 1.54) is 0 Å². The molecule has 36 heavy (non-hydrogen) atoms. The molecule has 0 saturated carbocycles.